The Bertz CT molecular complexity index is 1290. The van der Waals surface area contributed by atoms with Crippen molar-refractivity contribution in [1.82, 2.24) is 0 Å². The van der Waals surface area contributed by atoms with Gasteiger partial charge in [0, 0.05) is 16.6 Å². The van der Waals surface area contributed by atoms with E-state index < -0.39 is 68.7 Å². The van der Waals surface area contributed by atoms with Crippen molar-refractivity contribution in [3.63, 3.8) is 0 Å². The van der Waals surface area contributed by atoms with E-state index in [1.54, 1.807) is 6.92 Å². The summed E-state index contributed by atoms with van der Waals surface area (Å²) in [6.45, 7) is 6.29. The van der Waals surface area contributed by atoms with Gasteiger partial charge in [0.15, 0.2) is 11.6 Å². The van der Waals surface area contributed by atoms with Crippen LogP contribution in [0.3, 0.4) is 0 Å². The molecule has 0 fully saturated rings. The number of hydrogen-bond donors (Lipinski definition) is 0. The van der Waals surface area contributed by atoms with Crippen LogP contribution < -0.4 is 0 Å². The fourth-order valence-electron chi connectivity index (χ4n) is 5.28. The maximum atomic E-state index is 15.8. The fraction of sp³-hybridized carbons (Fsp3) is 0.357. The van der Waals surface area contributed by atoms with Gasteiger partial charge in [0.1, 0.15) is 11.6 Å². The second-order valence-corrected chi connectivity index (χ2v) is 9.45. The lowest BCUT2D eigenvalue weighted by atomic mass is 9.58. The predicted molar refractivity (Wildman–Crippen MR) is 122 cm³/mol. The molecule has 4 rings (SSSR count). The lowest BCUT2D eigenvalue weighted by Crippen LogP contribution is -2.58. The maximum absolute atomic E-state index is 15.8. The van der Waals surface area contributed by atoms with Crippen LogP contribution in [0.25, 0.3) is 5.57 Å². The lowest BCUT2D eigenvalue weighted by Gasteiger charge is -2.49. The molecule has 0 aromatic heterocycles. The summed E-state index contributed by atoms with van der Waals surface area (Å²) < 4.78 is 122. The molecule has 0 N–H and O–H groups in total. The first kappa shape index (κ1) is 26.2. The SMILES string of the molecule is C=CCCc1ccc(C2=C(F)C3C(C)(C=C2)c2ccc(CCC)c(F)c2C(F)(F)C3(F)F)c(F)c1F. The molecule has 2 aliphatic rings. The first-order valence-electron chi connectivity index (χ1n) is 11.6. The van der Waals surface area contributed by atoms with Crippen LogP contribution in [0.2, 0.25) is 0 Å². The first-order valence-corrected chi connectivity index (χ1v) is 11.6. The number of benzene rings is 2. The molecule has 0 radical (unpaired) electrons. The van der Waals surface area contributed by atoms with Gasteiger partial charge < -0.3 is 0 Å². The normalized spacial score (nSPS) is 23.9. The van der Waals surface area contributed by atoms with E-state index in [4.69, 9.17) is 0 Å². The molecule has 2 aromatic carbocycles. The lowest BCUT2D eigenvalue weighted by molar-refractivity contribution is -0.257. The van der Waals surface area contributed by atoms with E-state index in [0.29, 0.717) is 12.8 Å². The third-order valence-corrected chi connectivity index (χ3v) is 7.19. The zero-order valence-electron chi connectivity index (χ0n) is 19.7. The number of aryl methyl sites for hydroxylation is 2. The Morgan fingerprint density at radius 1 is 0.889 bits per heavy atom. The Labute approximate surface area is 204 Å². The van der Waals surface area contributed by atoms with Crippen molar-refractivity contribution >= 4 is 5.57 Å². The smallest absolute Gasteiger partial charge is 0.211 e. The van der Waals surface area contributed by atoms with Crippen LogP contribution in [0.5, 0.6) is 0 Å². The highest BCUT2D eigenvalue weighted by Gasteiger charge is 2.73. The minimum atomic E-state index is -5.07. The summed E-state index contributed by atoms with van der Waals surface area (Å²) >= 11 is 0. The van der Waals surface area contributed by atoms with E-state index in [2.05, 4.69) is 6.58 Å². The number of allylic oxidation sites excluding steroid dienone is 5. The van der Waals surface area contributed by atoms with Crippen molar-refractivity contribution < 1.29 is 35.1 Å². The Morgan fingerprint density at radius 3 is 2.17 bits per heavy atom. The third-order valence-electron chi connectivity index (χ3n) is 7.19. The van der Waals surface area contributed by atoms with E-state index in [9.17, 15) is 8.78 Å². The van der Waals surface area contributed by atoms with Gasteiger partial charge in [-0.15, -0.1) is 6.58 Å². The number of hydrogen-bond acceptors (Lipinski definition) is 0. The zero-order chi connectivity index (χ0) is 26.6. The van der Waals surface area contributed by atoms with E-state index in [1.807, 2.05) is 0 Å². The standard InChI is InChI=1S/C28H24F8/c1-4-6-8-16-9-11-17(23(31)22(16)30)18-13-14-26(3)19-12-10-15(7-5-2)21(29)20(19)27(33,34)28(35,36)25(26)24(18)32/h4,9-14,25H,1,5-8H2,2-3H3. The predicted octanol–water partition coefficient (Wildman–Crippen LogP) is 8.74. The van der Waals surface area contributed by atoms with Crippen molar-refractivity contribution in [2.75, 3.05) is 0 Å². The maximum Gasteiger partial charge on any atom is 0.339 e. The van der Waals surface area contributed by atoms with Gasteiger partial charge in [-0.2, -0.15) is 17.6 Å². The molecule has 0 heterocycles. The molecular formula is C28H24F8. The number of rotatable bonds is 6. The average Bonchev–Trinajstić information content (AvgIpc) is 2.81. The van der Waals surface area contributed by atoms with Crippen molar-refractivity contribution in [2.45, 2.75) is 56.8 Å². The summed E-state index contributed by atoms with van der Waals surface area (Å²) in [6, 6.07) is 4.58. The number of alkyl halides is 4. The molecule has 36 heavy (non-hydrogen) atoms. The molecule has 192 valence electrons. The van der Waals surface area contributed by atoms with Crippen LogP contribution in [0.4, 0.5) is 35.1 Å². The third kappa shape index (κ3) is 3.55. The zero-order valence-corrected chi connectivity index (χ0v) is 19.7. The van der Waals surface area contributed by atoms with Gasteiger partial charge in [-0.1, -0.05) is 62.8 Å². The minimum Gasteiger partial charge on any atom is -0.211 e. The molecule has 0 saturated heterocycles. The molecule has 8 heteroatoms. The number of halogens is 8. The van der Waals surface area contributed by atoms with Gasteiger partial charge in [0.05, 0.1) is 11.5 Å². The highest BCUT2D eigenvalue weighted by molar-refractivity contribution is 5.79. The summed E-state index contributed by atoms with van der Waals surface area (Å²) in [7, 11) is 0. The van der Waals surface area contributed by atoms with Gasteiger partial charge in [-0.25, -0.2) is 17.6 Å². The van der Waals surface area contributed by atoms with Crippen LogP contribution in [0.1, 0.15) is 54.5 Å². The Hall–Kier alpha value is -2.90. The first-order chi connectivity index (χ1) is 16.8. The van der Waals surface area contributed by atoms with Crippen LogP contribution in [0.15, 0.2) is 54.9 Å². The van der Waals surface area contributed by atoms with Crippen LogP contribution >= 0.6 is 0 Å². The van der Waals surface area contributed by atoms with E-state index in [1.165, 1.54) is 18.2 Å². The van der Waals surface area contributed by atoms with Crippen molar-refractivity contribution in [1.29, 1.82) is 0 Å². The van der Waals surface area contributed by atoms with Gasteiger partial charge >= 0.3 is 11.8 Å². The molecule has 2 aliphatic carbocycles. The van der Waals surface area contributed by atoms with Gasteiger partial charge in [-0.05, 0) is 36.0 Å². The van der Waals surface area contributed by atoms with Crippen LogP contribution in [-0.4, -0.2) is 5.92 Å². The minimum absolute atomic E-state index is 0.0244. The van der Waals surface area contributed by atoms with E-state index >= 15 is 26.3 Å². The van der Waals surface area contributed by atoms with Crippen molar-refractivity contribution in [3.05, 3.63) is 100 Å². The molecule has 0 spiro atoms. The Morgan fingerprint density at radius 2 is 1.53 bits per heavy atom. The largest absolute Gasteiger partial charge is 0.339 e. The van der Waals surface area contributed by atoms with Crippen molar-refractivity contribution in [2.24, 2.45) is 5.92 Å². The average molecular weight is 512 g/mol. The molecule has 0 nitrogen and oxygen atoms in total. The fourth-order valence-corrected chi connectivity index (χ4v) is 5.28. The van der Waals surface area contributed by atoms with Gasteiger partial charge in [-0.3, -0.25) is 0 Å². The summed E-state index contributed by atoms with van der Waals surface area (Å²) in [5.74, 6) is -18.8. The quantitative estimate of drug-likeness (QED) is 0.268. The highest BCUT2D eigenvalue weighted by Crippen LogP contribution is 2.64. The van der Waals surface area contributed by atoms with Crippen LogP contribution in [0, 0.1) is 23.4 Å². The molecule has 2 atom stereocenters. The summed E-state index contributed by atoms with van der Waals surface area (Å²) in [6.07, 6.45) is 4.40. The summed E-state index contributed by atoms with van der Waals surface area (Å²) in [4.78, 5) is 0. The Balaban J connectivity index is 1.92. The summed E-state index contributed by atoms with van der Waals surface area (Å²) in [5, 5.41) is 0. The second kappa shape index (κ2) is 8.89. The van der Waals surface area contributed by atoms with Gasteiger partial charge in [0.2, 0.25) is 0 Å². The van der Waals surface area contributed by atoms with Crippen LogP contribution in [-0.2, 0) is 24.2 Å². The second-order valence-electron chi connectivity index (χ2n) is 9.45. The van der Waals surface area contributed by atoms with Crippen molar-refractivity contribution in [3.8, 4) is 0 Å². The topological polar surface area (TPSA) is 0 Å². The Kier molecular flexibility index (Phi) is 6.46. The molecule has 0 aliphatic heterocycles. The molecule has 0 amide bonds. The molecule has 0 bridgehead atoms. The number of fused-ring (bicyclic) bond motifs is 3. The molecular weight excluding hydrogens is 488 g/mol. The highest BCUT2D eigenvalue weighted by atomic mass is 19.3. The monoisotopic (exact) mass is 512 g/mol. The van der Waals surface area contributed by atoms with Gasteiger partial charge in [0.25, 0.3) is 0 Å². The summed E-state index contributed by atoms with van der Waals surface area (Å²) in [5.41, 5.74) is -5.59. The molecule has 2 unspecified atom stereocenters. The van der Waals surface area contributed by atoms with E-state index in [0.717, 1.165) is 31.2 Å². The van der Waals surface area contributed by atoms with E-state index in [-0.39, 0.29) is 24.0 Å². The molecule has 2 aromatic rings. The molecule has 0 saturated carbocycles.